The van der Waals surface area contributed by atoms with E-state index in [1.807, 2.05) is 26.0 Å². The molecule has 4 aromatic rings. The van der Waals surface area contributed by atoms with E-state index in [2.05, 4.69) is 4.98 Å². The quantitative estimate of drug-likeness (QED) is 0.264. The summed E-state index contributed by atoms with van der Waals surface area (Å²) in [4.78, 5) is 50.1. The minimum absolute atomic E-state index is 0.0465. The van der Waals surface area contributed by atoms with Gasteiger partial charge in [-0.3, -0.25) is 14.5 Å². The maximum atomic E-state index is 13.8. The number of ketones is 1. The predicted octanol–water partition coefficient (Wildman–Crippen LogP) is 5.56. The number of rotatable bonds is 5. The Bertz CT molecular complexity index is 1630. The fourth-order valence-electron chi connectivity index (χ4n) is 4.60. The number of carbonyl (C=O) groups excluding carboxylic acids is 3. The first-order valence-corrected chi connectivity index (χ1v) is 13.1. The summed E-state index contributed by atoms with van der Waals surface area (Å²) in [6.45, 7) is 7.46. The van der Waals surface area contributed by atoms with Gasteiger partial charge in [0.1, 0.15) is 0 Å². The van der Waals surface area contributed by atoms with Gasteiger partial charge < -0.3 is 9.84 Å². The molecule has 0 saturated heterocycles. The number of amides is 1. The van der Waals surface area contributed by atoms with E-state index in [-0.39, 0.29) is 5.57 Å². The van der Waals surface area contributed by atoms with Crippen molar-refractivity contribution < 1.29 is 24.2 Å². The van der Waals surface area contributed by atoms with Crippen molar-refractivity contribution in [3.63, 3.8) is 0 Å². The average molecular weight is 534 g/mol. The zero-order chi connectivity index (χ0) is 26.6. The van der Waals surface area contributed by atoms with Crippen LogP contribution in [-0.4, -0.2) is 39.8 Å². The van der Waals surface area contributed by atoms with Crippen molar-refractivity contribution in [3.05, 3.63) is 85.6 Å². The lowest BCUT2D eigenvalue weighted by molar-refractivity contribution is -0.117. The highest BCUT2D eigenvalue weighted by atomic mass is 32.1. The van der Waals surface area contributed by atoms with Gasteiger partial charge in [0.15, 0.2) is 10.9 Å². The second kappa shape index (κ2) is 9.20. The number of Topliss-reactive ketones (excluding diaryl/α,β-unsaturated/α-hetero) is 1. The Hall–Kier alpha value is -3.89. The smallest absolute Gasteiger partial charge is 0.337 e. The second-order valence-electron chi connectivity index (χ2n) is 8.86. The normalized spacial score (nSPS) is 15.6. The number of aromatic nitrogens is 2. The molecule has 0 radical (unpaired) electrons. The SMILES string of the molecule is COC(=O)c1ccc(C2C(C(=O)c3sc(C)nc3C)=C(O)C(=O)N2c2nc3c(C)cc(C)cc3s2)cc1. The van der Waals surface area contributed by atoms with Gasteiger partial charge in [-0.25, -0.2) is 14.8 Å². The van der Waals surface area contributed by atoms with Crippen LogP contribution in [0.5, 0.6) is 0 Å². The molecule has 0 spiro atoms. The van der Waals surface area contributed by atoms with Gasteiger partial charge in [-0.2, -0.15) is 0 Å². The number of methoxy groups -OCH3 is 1. The third-order valence-corrected chi connectivity index (χ3v) is 8.31. The number of aliphatic hydroxyl groups is 1. The van der Waals surface area contributed by atoms with Gasteiger partial charge in [0.25, 0.3) is 5.91 Å². The monoisotopic (exact) mass is 533 g/mol. The molecule has 0 bridgehead atoms. The van der Waals surface area contributed by atoms with E-state index in [1.54, 1.807) is 38.1 Å². The van der Waals surface area contributed by atoms with Crippen LogP contribution in [0.1, 0.15) is 53.5 Å². The van der Waals surface area contributed by atoms with Crippen LogP contribution in [0, 0.1) is 27.7 Å². The van der Waals surface area contributed by atoms with Gasteiger partial charge in [-0.1, -0.05) is 29.5 Å². The summed E-state index contributed by atoms with van der Waals surface area (Å²) in [5.74, 6) is -2.30. The van der Waals surface area contributed by atoms with Gasteiger partial charge in [0.2, 0.25) is 5.78 Å². The molecular weight excluding hydrogens is 510 g/mol. The number of fused-ring (bicyclic) bond motifs is 1. The minimum Gasteiger partial charge on any atom is -0.503 e. The highest BCUT2D eigenvalue weighted by Crippen LogP contribution is 2.45. The fraction of sp³-hybridized carbons (Fsp3) is 0.222. The van der Waals surface area contributed by atoms with Gasteiger partial charge in [-0.05, 0) is 62.6 Å². The summed E-state index contributed by atoms with van der Waals surface area (Å²) in [5.41, 5.74) is 4.14. The molecule has 1 amide bonds. The molecule has 0 fully saturated rings. The largest absolute Gasteiger partial charge is 0.503 e. The molecule has 1 aliphatic rings. The van der Waals surface area contributed by atoms with Crippen LogP contribution in [-0.2, 0) is 9.53 Å². The number of hydrogen-bond acceptors (Lipinski definition) is 9. The Labute approximate surface area is 220 Å². The molecule has 0 saturated carbocycles. The van der Waals surface area contributed by atoms with Crippen molar-refractivity contribution in [3.8, 4) is 0 Å². The lowest BCUT2D eigenvalue weighted by Crippen LogP contribution is -2.31. The van der Waals surface area contributed by atoms with Gasteiger partial charge in [-0.15, -0.1) is 11.3 Å². The predicted molar refractivity (Wildman–Crippen MR) is 143 cm³/mol. The van der Waals surface area contributed by atoms with Crippen LogP contribution in [0.3, 0.4) is 0 Å². The molecule has 1 atom stereocenters. The molecule has 3 heterocycles. The Kier molecular flexibility index (Phi) is 6.17. The molecule has 2 aromatic heterocycles. The van der Waals surface area contributed by atoms with Crippen molar-refractivity contribution in [2.24, 2.45) is 0 Å². The number of carbonyl (C=O) groups is 3. The van der Waals surface area contributed by atoms with Gasteiger partial charge in [0.05, 0.1) is 50.1 Å². The lowest BCUT2D eigenvalue weighted by atomic mass is 9.94. The number of hydrogen-bond donors (Lipinski definition) is 1. The molecule has 2 aromatic carbocycles. The number of ether oxygens (including phenoxy) is 1. The number of benzene rings is 2. The Balaban J connectivity index is 1.69. The molecule has 5 rings (SSSR count). The highest BCUT2D eigenvalue weighted by Gasteiger charge is 2.46. The third-order valence-electron chi connectivity index (χ3n) is 6.23. The van der Waals surface area contributed by atoms with Crippen LogP contribution in [0.4, 0.5) is 5.13 Å². The third kappa shape index (κ3) is 4.11. The fourth-order valence-corrected chi connectivity index (χ4v) is 6.64. The average Bonchev–Trinajstić information content (AvgIpc) is 3.51. The zero-order valence-corrected chi connectivity index (χ0v) is 22.4. The molecule has 1 unspecified atom stereocenters. The molecule has 1 N–H and O–H groups in total. The van der Waals surface area contributed by atoms with Crippen molar-refractivity contribution in [2.75, 3.05) is 12.0 Å². The Morgan fingerprint density at radius 1 is 1.03 bits per heavy atom. The Morgan fingerprint density at radius 3 is 2.35 bits per heavy atom. The van der Waals surface area contributed by atoms with Crippen LogP contribution in [0.2, 0.25) is 0 Å². The molecular formula is C27H23N3O5S2. The summed E-state index contributed by atoms with van der Waals surface area (Å²) in [5, 5.41) is 12.1. The summed E-state index contributed by atoms with van der Waals surface area (Å²) in [6.07, 6.45) is 0. The standard InChI is InChI=1S/C27H23N3O5S2/c1-12-10-13(2)20-18(11-12)37-27(29-20)30-21(16-6-8-17(9-7-16)26(34)35-5)19(23(32)25(30)33)22(31)24-14(3)28-15(4)36-24/h6-11,21,32H,1-5H3. The van der Waals surface area contributed by atoms with E-state index in [1.165, 1.54) is 34.7 Å². The molecule has 10 heteroatoms. The van der Waals surface area contributed by atoms with Crippen molar-refractivity contribution in [1.82, 2.24) is 9.97 Å². The van der Waals surface area contributed by atoms with Gasteiger partial charge >= 0.3 is 5.97 Å². The van der Waals surface area contributed by atoms with Crippen LogP contribution < -0.4 is 4.90 Å². The van der Waals surface area contributed by atoms with E-state index < -0.39 is 29.5 Å². The maximum absolute atomic E-state index is 13.8. The summed E-state index contributed by atoms with van der Waals surface area (Å²) >= 11 is 2.53. The summed E-state index contributed by atoms with van der Waals surface area (Å²) in [7, 11) is 1.29. The summed E-state index contributed by atoms with van der Waals surface area (Å²) < 4.78 is 5.69. The Morgan fingerprint density at radius 2 is 1.73 bits per heavy atom. The first kappa shape index (κ1) is 24.8. The number of nitrogens with zero attached hydrogens (tertiary/aromatic N) is 3. The number of anilines is 1. The van der Waals surface area contributed by atoms with E-state index in [9.17, 15) is 19.5 Å². The number of aryl methyl sites for hydroxylation is 4. The van der Waals surface area contributed by atoms with E-state index >= 15 is 0 Å². The molecule has 1 aliphatic heterocycles. The number of thiazole rings is 2. The van der Waals surface area contributed by atoms with Crippen LogP contribution in [0.15, 0.2) is 47.7 Å². The number of esters is 1. The molecule has 0 aliphatic carbocycles. The van der Waals surface area contributed by atoms with Crippen LogP contribution in [0.25, 0.3) is 10.2 Å². The van der Waals surface area contributed by atoms with Crippen molar-refractivity contribution in [2.45, 2.75) is 33.7 Å². The van der Waals surface area contributed by atoms with E-state index in [0.29, 0.717) is 31.8 Å². The molecule has 188 valence electrons. The minimum atomic E-state index is -0.949. The summed E-state index contributed by atoms with van der Waals surface area (Å²) in [6, 6.07) is 9.49. The molecule has 8 nitrogen and oxygen atoms in total. The highest BCUT2D eigenvalue weighted by molar-refractivity contribution is 7.22. The van der Waals surface area contributed by atoms with Crippen LogP contribution >= 0.6 is 22.7 Å². The topological polar surface area (TPSA) is 110 Å². The number of aliphatic hydroxyl groups excluding tert-OH is 1. The van der Waals surface area contributed by atoms with E-state index in [4.69, 9.17) is 9.72 Å². The second-order valence-corrected chi connectivity index (χ2v) is 11.1. The molecule has 37 heavy (non-hydrogen) atoms. The van der Waals surface area contributed by atoms with Crippen molar-refractivity contribution in [1.29, 1.82) is 0 Å². The lowest BCUT2D eigenvalue weighted by Gasteiger charge is -2.24. The first-order chi connectivity index (χ1) is 17.6. The zero-order valence-electron chi connectivity index (χ0n) is 20.8. The first-order valence-electron chi connectivity index (χ1n) is 11.4. The van der Waals surface area contributed by atoms with Gasteiger partial charge in [0, 0.05) is 0 Å². The van der Waals surface area contributed by atoms with E-state index in [0.717, 1.165) is 21.3 Å². The van der Waals surface area contributed by atoms with Crippen molar-refractivity contribution >= 4 is 55.7 Å². The maximum Gasteiger partial charge on any atom is 0.337 e.